The fourth-order valence-corrected chi connectivity index (χ4v) is 1.37. The number of methoxy groups -OCH3 is 2. The minimum atomic E-state index is -0.628. The Morgan fingerprint density at radius 2 is 1.94 bits per heavy atom. The van der Waals surface area contributed by atoms with Gasteiger partial charge < -0.3 is 19.3 Å². The molecule has 5 heteroatoms. The number of phenolic OH excluding ortho intramolecular Hbond substituents is 1. The third-order valence-corrected chi connectivity index (χ3v) is 2.07. The van der Waals surface area contributed by atoms with E-state index in [2.05, 4.69) is 4.74 Å². The molecule has 1 aromatic carbocycles. The third-order valence-electron chi connectivity index (χ3n) is 2.07. The van der Waals surface area contributed by atoms with Crippen molar-refractivity contribution in [2.45, 2.75) is 20.0 Å². The van der Waals surface area contributed by atoms with Crippen molar-refractivity contribution in [2.24, 2.45) is 0 Å². The molecule has 1 N–H and O–H groups in total. The van der Waals surface area contributed by atoms with Gasteiger partial charge in [0, 0.05) is 0 Å². The highest BCUT2D eigenvalue weighted by molar-refractivity contribution is 5.93. The van der Waals surface area contributed by atoms with Crippen LogP contribution in [0.15, 0.2) is 12.1 Å². The Morgan fingerprint density at radius 1 is 1.29 bits per heavy atom. The maximum atomic E-state index is 11.4. The summed E-state index contributed by atoms with van der Waals surface area (Å²) in [4.78, 5) is 11.4. The Labute approximate surface area is 99.9 Å². The number of carbonyl (C=O) groups is 1. The summed E-state index contributed by atoms with van der Waals surface area (Å²) in [5, 5.41) is 9.88. The first-order valence-electron chi connectivity index (χ1n) is 5.16. The zero-order valence-electron chi connectivity index (χ0n) is 10.3. The Balaban J connectivity index is 3.22. The zero-order valence-corrected chi connectivity index (χ0v) is 10.3. The Kier molecular flexibility index (Phi) is 4.20. The van der Waals surface area contributed by atoms with E-state index in [1.165, 1.54) is 20.3 Å². The molecule has 0 radical (unpaired) electrons. The monoisotopic (exact) mass is 240 g/mol. The number of phenols is 1. The first kappa shape index (κ1) is 13.2. The molecule has 0 heterocycles. The van der Waals surface area contributed by atoms with Gasteiger partial charge in [-0.2, -0.15) is 0 Å². The second-order valence-electron chi connectivity index (χ2n) is 3.65. The van der Waals surface area contributed by atoms with Gasteiger partial charge >= 0.3 is 5.97 Å². The highest BCUT2D eigenvalue weighted by Gasteiger charge is 2.20. The van der Waals surface area contributed by atoms with Crippen LogP contribution in [-0.4, -0.2) is 31.4 Å². The van der Waals surface area contributed by atoms with Crippen LogP contribution < -0.4 is 9.47 Å². The lowest BCUT2D eigenvalue weighted by Crippen LogP contribution is -2.08. The quantitative estimate of drug-likeness (QED) is 0.815. The predicted molar refractivity (Wildman–Crippen MR) is 61.8 cm³/mol. The predicted octanol–water partition coefficient (Wildman–Crippen LogP) is 1.97. The third kappa shape index (κ3) is 2.81. The van der Waals surface area contributed by atoms with Crippen molar-refractivity contribution in [2.75, 3.05) is 14.2 Å². The van der Waals surface area contributed by atoms with E-state index in [1.54, 1.807) is 6.07 Å². The molecular formula is C12H16O5. The molecule has 1 rings (SSSR count). The molecule has 1 aromatic rings. The summed E-state index contributed by atoms with van der Waals surface area (Å²) >= 11 is 0. The molecular weight excluding hydrogens is 224 g/mol. The second-order valence-corrected chi connectivity index (χ2v) is 3.65. The van der Waals surface area contributed by atoms with E-state index in [0.29, 0.717) is 5.75 Å². The number of aromatic hydroxyl groups is 1. The highest BCUT2D eigenvalue weighted by Crippen LogP contribution is 2.39. The minimum absolute atomic E-state index is 0.0421. The number of ether oxygens (including phenoxy) is 3. The van der Waals surface area contributed by atoms with Gasteiger partial charge in [-0.15, -0.1) is 0 Å². The Morgan fingerprint density at radius 3 is 2.41 bits per heavy atom. The molecule has 94 valence electrons. The molecule has 0 spiro atoms. The fraction of sp³-hybridized carbons (Fsp3) is 0.417. The fourth-order valence-electron chi connectivity index (χ4n) is 1.37. The van der Waals surface area contributed by atoms with Crippen molar-refractivity contribution >= 4 is 5.97 Å². The molecule has 0 aliphatic carbocycles. The summed E-state index contributed by atoms with van der Waals surface area (Å²) in [6.45, 7) is 3.70. The van der Waals surface area contributed by atoms with Gasteiger partial charge in [-0.3, -0.25) is 0 Å². The normalized spacial score (nSPS) is 10.2. The van der Waals surface area contributed by atoms with Gasteiger partial charge in [0.15, 0.2) is 11.5 Å². The van der Waals surface area contributed by atoms with Crippen molar-refractivity contribution in [3.63, 3.8) is 0 Å². The standard InChI is InChI=1S/C12H16O5/c1-7(2)17-9-6-5-8(12(14)16-4)10(13)11(9)15-3/h5-7,13H,1-4H3. The van der Waals surface area contributed by atoms with Crippen LogP contribution in [0.25, 0.3) is 0 Å². The highest BCUT2D eigenvalue weighted by atomic mass is 16.5. The number of rotatable bonds is 4. The SMILES string of the molecule is COC(=O)c1ccc(OC(C)C)c(OC)c1O. The van der Waals surface area contributed by atoms with E-state index in [4.69, 9.17) is 9.47 Å². The Hall–Kier alpha value is -1.91. The van der Waals surface area contributed by atoms with E-state index in [-0.39, 0.29) is 23.2 Å². The zero-order chi connectivity index (χ0) is 13.0. The molecule has 0 saturated heterocycles. The molecule has 0 atom stereocenters. The molecule has 5 nitrogen and oxygen atoms in total. The smallest absolute Gasteiger partial charge is 0.341 e. The van der Waals surface area contributed by atoms with Gasteiger partial charge in [0.25, 0.3) is 0 Å². The molecule has 0 bridgehead atoms. The van der Waals surface area contributed by atoms with Crippen molar-refractivity contribution in [3.8, 4) is 17.2 Å². The van der Waals surface area contributed by atoms with Gasteiger partial charge in [0.2, 0.25) is 5.75 Å². The number of benzene rings is 1. The first-order chi connectivity index (χ1) is 8.01. The van der Waals surface area contributed by atoms with Crippen LogP contribution in [0.5, 0.6) is 17.2 Å². The largest absolute Gasteiger partial charge is 0.504 e. The maximum absolute atomic E-state index is 11.4. The second kappa shape index (κ2) is 5.43. The summed E-state index contributed by atoms with van der Waals surface area (Å²) in [7, 11) is 2.63. The number of carbonyl (C=O) groups excluding carboxylic acids is 1. The molecule has 0 aromatic heterocycles. The van der Waals surface area contributed by atoms with Crippen LogP contribution in [0.1, 0.15) is 24.2 Å². The van der Waals surface area contributed by atoms with Crippen LogP contribution in [0.4, 0.5) is 0 Å². The van der Waals surface area contributed by atoms with Crippen molar-refractivity contribution in [1.29, 1.82) is 0 Å². The number of hydrogen-bond donors (Lipinski definition) is 1. The summed E-state index contributed by atoms with van der Waals surface area (Å²) in [5.41, 5.74) is 0.0421. The lowest BCUT2D eigenvalue weighted by molar-refractivity contribution is 0.0596. The average molecular weight is 240 g/mol. The van der Waals surface area contributed by atoms with Crippen molar-refractivity contribution in [3.05, 3.63) is 17.7 Å². The van der Waals surface area contributed by atoms with E-state index in [0.717, 1.165) is 0 Å². The van der Waals surface area contributed by atoms with Crippen LogP contribution in [-0.2, 0) is 4.74 Å². The first-order valence-corrected chi connectivity index (χ1v) is 5.16. The van der Waals surface area contributed by atoms with E-state index < -0.39 is 5.97 Å². The molecule has 0 saturated carbocycles. The molecule has 0 fully saturated rings. The van der Waals surface area contributed by atoms with Crippen LogP contribution in [0, 0.1) is 0 Å². The van der Waals surface area contributed by atoms with Gasteiger partial charge in [-0.1, -0.05) is 0 Å². The topological polar surface area (TPSA) is 65.0 Å². The number of hydrogen-bond acceptors (Lipinski definition) is 5. The lowest BCUT2D eigenvalue weighted by atomic mass is 10.1. The summed E-state index contributed by atoms with van der Waals surface area (Å²) in [6.07, 6.45) is -0.0627. The molecule has 17 heavy (non-hydrogen) atoms. The minimum Gasteiger partial charge on any atom is -0.504 e. The van der Waals surface area contributed by atoms with Gasteiger partial charge in [0.05, 0.1) is 20.3 Å². The van der Waals surface area contributed by atoms with Crippen molar-refractivity contribution in [1.82, 2.24) is 0 Å². The van der Waals surface area contributed by atoms with Crippen LogP contribution >= 0.6 is 0 Å². The van der Waals surface area contributed by atoms with Gasteiger partial charge in [0.1, 0.15) is 5.56 Å². The van der Waals surface area contributed by atoms with E-state index in [1.807, 2.05) is 13.8 Å². The van der Waals surface area contributed by atoms with Gasteiger partial charge in [-0.05, 0) is 26.0 Å². The Bertz CT molecular complexity index is 412. The van der Waals surface area contributed by atoms with Crippen LogP contribution in [0.3, 0.4) is 0 Å². The summed E-state index contributed by atoms with van der Waals surface area (Å²) in [5.74, 6) is -0.399. The average Bonchev–Trinajstić information content (AvgIpc) is 2.28. The molecule has 0 aliphatic heterocycles. The number of esters is 1. The summed E-state index contributed by atoms with van der Waals surface area (Å²) in [6, 6.07) is 2.99. The molecule has 0 unspecified atom stereocenters. The van der Waals surface area contributed by atoms with E-state index in [9.17, 15) is 9.90 Å². The molecule has 0 aliphatic rings. The van der Waals surface area contributed by atoms with Crippen molar-refractivity contribution < 1.29 is 24.1 Å². The summed E-state index contributed by atoms with van der Waals surface area (Å²) < 4.78 is 15.0. The lowest BCUT2D eigenvalue weighted by Gasteiger charge is -2.15. The van der Waals surface area contributed by atoms with E-state index >= 15 is 0 Å². The van der Waals surface area contributed by atoms with Crippen LogP contribution in [0.2, 0.25) is 0 Å². The molecule has 0 amide bonds. The van der Waals surface area contributed by atoms with Gasteiger partial charge in [-0.25, -0.2) is 4.79 Å². The maximum Gasteiger partial charge on any atom is 0.341 e.